The fourth-order valence-corrected chi connectivity index (χ4v) is 4.28. The lowest BCUT2D eigenvalue weighted by molar-refractivity contribution is -0.135. The molecule has 0 spiro atoms. The van der Waals surface area contributed by atoms with Gasteiger partial charge in [0.2, 0.25) is 11.8 Å². The molecule has 2 bridgehead atoms. The Morgan fingerprint density at radius 3 is 2.89 bits per heavy atom. The lowest BCUT2D eigenvalue weighted by Gasteiger charge is -2.46. The van der Waals surface area contributed by atoms with Crippen molar-refractivity contribution in [3.63, 3.8) is 0 Å². The first kappa shape index (κ1) is 17.4. The number of amides is 2. The van der Waals surface area contributed by atoms with Gasteiger partial charge < -0.3 is 10.2 Å². The summed E-state index contributed by atoms with van der Waals surface area (Å²) >= 11 is 0. The standard InChI is InChI=1S/C18H22N6O3/c1-12(25)22-10-13-9-14(11-22)17(24-15(13)3-2-4-16(24)26)18(27)19-5-7-23-8-6-20-21-23/h2-4,6,8,13-14,17H,5,7,9-11H2,1H3,(H,19,27)/t13-,14+,17-/m1/s1. The minimum absolute atomic E-state index is 0.00164. The Kier molecular flexibility index (Phi) is 4.51. The average molecular weight is 370 g/mol. The van der Waals surface area contributed by atoms with Crippen molar-refractivity contribution in [1.29, 1.82) is 0 Å². The van der Waals surface area contributed by atoms with E-state index in [1.165, 1.54) is 6.07 Å². The van der Waals surface area contributed by atoms with Crippen molar-refractivity contribution in [2.45, 2.75) is 31.8 Å². The highest BCUT2D eigenvalue weighted by atomic mass is 16.2. The predicted molar refractivity (Wildman–Crippen MR) is 95.9 cm³/mol. The van der Waals surface area contributed by atoms with E-state index in [0.717, 1.165) is 12.1 Å². The molecular weight excluding hydrogens is 348 g/mol. The molecule has 0 radical (unpaired) electrons. The maximum Gasteiger partial charge on any atom is 0.251 e. The van der Waals surface area contributed by atoms with E-state index in [1.54, 1.807) is 39.5 Å². The summed E-state index contributed by atoms with van der Waals surface area (Å²) in [6.07, 6.45) is 4.11. The van der Waals surface area contributed by atoms with Crippen LogP contribution in [0.3, 0.4) is 0 Å². The molecule has 1 N–H and O–H groups in total. The van der Waals surface area contributed by atoms with E-state index < -0.39 is 6.04 Å². The predicted octanol–water partition coefficient (Wildman–Crippen LogP) is -0.237. The van der Waals surface area contributed by atoms with Crippen molar-refractivity contribution in [2.24, 2.45) is 5.92 Å². The first-order valence-corrected chi connectivity index (χ1v) is 9.13. The van der Waals surface area contributed by atoms with Crippen LogP contribution in [0.4, 0.5) is 0 Å². The number of hydrogen-bond donors (Lipinski definition) is 1. The number of nitrogens with one attached hydrogen (secondary N) is 1. The van der Waals surface area contributed by atoms with Crippen LogP contribution in [0.2, 0.25) is 0 Å². The topological polar surface area (TPSA) is 102 Å². The van der Waals surface area contributed by atoms with Crippen LogP contribution in [0.5, 0.6) is 0 Å². The first-order chi connectivity index (χ1) is 13.0. The highest BCUT2D eigenvalue weighted by Gasteiger charge is 2.44. The maximum absolute atomic E-state index is 13.0. The fourth-order valence-electron chi connectivity index (χ4n) is 4.28. The van der Waals surface area contributed by atoms with Crippen LogP contribution in [0.1, 0.15) is 31.0 Å². The summed E-state index contributed by atoms with van der Waals surface area (Å²) in [6.45, 7) is 3.53. The molecule has 1 fully saturated rings. The van der Waals surface area contributed by atoms with Crippen LogP contribution >= 0.6 is 0 Å². The zero-order valence-electron chi connectivity index (χ0n) is 15.1. The summed E-state index contributed by atoms with van der Waals surface area (Å²) in [7, 11) is 0. The Morgan fingerprint density at radius 2 is 2.15 bits per heavy atom. The van der Waals surface area contributed by atoms with Gasteiger partial charge in [-0.15, -0.1) is 5.10 Å². The average Bonchev–Trinajstić information content (AvgIpc) is 3.16. The number of aromatic nitrogens is 4. The largest absolute Gasteiger partial charge is 0.352 e. The molecule has 2 amide bonds. The third kappa shape index (κ3) is 3.24. The number of nitrogens with zero attached hydrogens (tertiary/aromatic N) is 5. The number of rotatable bonds is 4. The van der Waals surface area contributed by atoms with E-state index in [0.29, 0.717) is 26.2 Å². The monoisotopic (exact) mass is 370 g/mol. The molecule has 9 heteroatoms. The molecule has 2 aromatic rings. The maximum atomic E-state index is 13.0. The SMILES string of the molecule is CC(=O)N1C[C@H]2C[C@@H](C1)[C@H](C(=O)NCCn1ccnn1)n1c2cccc1=O. The van der Waals surface area contributed by atoms with Gasteiger partial charge in [0.15, 0.2) is 0 Å². The smallest absolute Gasteiger partial charge is 0.251 e. The number of fused-ring (bicyclic) bond motifs is 4. The minimum atomic E-state index is -0.608. The minimum Gasteiger partial charge on any atom is -0.352 e. The molecule has 4 heterocycles. The Bertz CT molecular complexity index is 906. The summed E-state index contributed by atoms with van der Waals surface area (Å²) in [5.74, 6) is -0.187. The quantitative estimate of drug-likeness (QED) is 0.801. The first-order valence-electron chi connectivity index (χ1n) is 9.13. The molecule has 2 aliphatic heterocycles. The summed E-state index contributed by atoms with van der Waals surface area (Å²) in [4.78, 5) is 39.3. The molecule has 142 valence electrons. The Hall–Kier alpha value is -2.97. The third-order valence-electron chi connectivity index (χ3n) is 5.47. The van der Waals surface area contributed by atoms with Gasteiger partial charge in [-0.25, -0.2) is 0 Å². The van der Waals surface area contributed by atoms with Crippen LogP contribution in [0.15, 0.2) is 35.4 Å². The van der Waals surface area contributed by atoms with Crippen molar-refractivity contribution in [3.05, 3.63) is 46.6 Å². The molecule has 1 saturated heterocycles. The van der Waals surface area contributed by atoms with E-state index in [1.807, 2.05) is 6.07 Å². The van der Waals surface area contributed by atoms with Gasteiger partial charge in [-0.2, -0.15) is 0 Å². The number of pyridine rings is 1. The van der Waals surface area contributed by atoms with Gasteiger partial charge in [0.05, 0.1) is 12.7 Å². The number of carbonyl (C=O) groups is 2. The van der Waals surface area contributed by atoms with Crippen LogP contribution < -0.4 is 10.9 Å². The van der Waals surface area contributed by atoms with E-state index in [9.17, 15) is 14.4 Å². The zero-order chi connectivity index (χ0) is 19.0. The van der Waals surface area contributed by atoms with Gasteiger partial charge in [0.1, 0.15) is 6.04 Å². The number of likely N-dealkylation sites (tertiary alicyclic amines) is 1. The van der Waals surface area contributed by atoms with Crippen LogP contribution in [0, 0.1) is 5.92 Å². The van der Waals surface area contributed by atoms with E-state index >= 15 is 0 Å². The van der Waals surface area contributed by atoms with Gasteiger partial charge in [0.25, 0.3) is 5.56 Å². The Labute approximate surface area is 156 Å². The fraction of sp³-hybridized carbons (Fsp3) is 0.500. The van der Waals surface area contributed by atoms with Gasteiger partial charge in [-0.3, -0.25) is 23.6 Å². The van der Waals surface area contributed by atoms with Crippen molar-refractivity contribution in [3.8, 4) is 0 Å². The van der Waals surface area contributed by atoms with Gasteiger partial charge in [-0.05, 0) is 12.5 Å². The summed E-state index contributed by atoms with van der Waals surface area (Å²) in [5.41, 5.74) is 0.663. The molecule has 4 rings (SSSR count). The second kappa shape index (κ2) is 6.98. The van der Waals surface area contributed by atoms with Crippen molar-refractivity contribution in [1.82, 2.24) is 29.8 Å². The van der Waals surface area contributed by atoms with Gasteiger partial charge in [0, 0.05) is 56.4 Å². The molecule has 0 saturated carbocycles. The molecule has 9 nitrogen and oxygen atoms in total. The molecule has 3 atom stereocenters. The van der Waals surface area contributed by atoms with E-state index in [-0.39, 0.29) is 29.2 Å². The van der Waals surface area contributed by atoms with Crippen molar-refractivity contribution >= 4 is 11.8 Å². The van der Waals surface area contributed by atoms with Gasteiger partial charge in [-0.1, -0.05) is 11.3 Å². The number of hydrogen-bond acceptors (Lipinski definition) is 5. The third-order valence-corrected chi connectivity index (χ3v) is 5.47. The number of carbonyl (C=O) groups excluding carboxylic acids is 2. The van der Waals surface area contributed by atoms with Crippen LogP contribution in [-0.2, 0) is 16.1 Å². The highest BCUT2D eigenvalue weighted by molar-refractivity contribution is 5.81. The summed E-state index contributed by atoms with van der Waals surface area (Å²) in [6, 6.07) is 4.49. The summed E-state index contributed by atoms with van der Waals surface area (Å²) < 4.78 is 3.26. The van der Waals surface area contributed by atoms with Gasteiger partial charge >= 0.3 is 0 Å². The molecule has 2 aliphatic rings. The Morgan fingerprint density at radius 1 is 1.30 bits per heavy atom. The molecule has 0 unspecified atom stereocenters. The summed E-state index contributed by atoms with van der Waals surface area (Å²) in [5, 5.41) is 10.5. The van der Waals surface area contributed by atoms with Crippen LogP contribution in [-0.4, -0.2) is 55.9 Å². The van der Waals surface area contributed by atoms with Crippen molar-refractivity contribution in [2.75, 3.05) is 19.6 Å². The van der Waals surface area contributed by atoms with E-state index in [2.05, 4.69) is 15.6 Å². The molecule has 0 aromatic carbocycles. The molecular formula is C18H22N6O3. The zero-order valence-corrected chi connectivity index (χ0v) is 15.1. The highest BCUT2D eigenvalue weighted by Crippen LogP contribution is 2.41. The van der Waals surface area contributed by atoms with Crippen LogP contribution in [0.25, 0.3) is 0 Å². The van der Waals surface area contributed by atoms with E-state index in [4.69, 9.17) is 0 Å². The Balaban J connectivity index is 1.60. The lowest BCUT2D eigenvalue weighted by Crippen LogP contribution is -2.54. The second-order valence-corrected chi connectivity index (χ2v) is 7.18. The molecule has 27 heavy (non-hydrogen) atoms. The normalized spacial score (nSPS) is 23.6. The number of piperidine rings is 1. The lowest BCUT2D eigenvalue weighted by atomic mass is 9.78. The van der Waals surface area contributed by atoms with Crippen molar-refractivity contribution < 1.29 is 9.59 Å². The molecule has 2 aromatic heterocycles. The second-order valence-electron chi connectivity index (χ2n) is 7.18. The molecule has 0 aliphatic carbocycles.